The van der Waals surface area contributed by atoms with Gasteiger partial charge in [0.15, 0.2) is 6.10 Å². The van der Waals surface area contributed by atoms with Crippen LogP contribution in [0.25, 0.3) is 5.08 Å². The van der Waals surface area contributed by atoms with Gasteiger partial charge in [0.2, 0.25) is 11.8 Å². The number of aliphatic imine (C=N–C) groups is 1. The van der Waals surface area contributed by atoms with Crippen LogP contribution in [0.15, 0.2) is 83.9 Å². The Morgan fingerprint density at radius 3 is 2.52 bits per heavy atom. The van der Waals surface area contributed by atoms with Crippen LogP contribution in [0.3, 0.4) is 0 Å². The smallest absolute Gasteiger partial charge is 0.303 e. The van der Waals surface area contributed by atoms with E-state index >= 15 is 0 Å². The van der Waals surface area contributed by atoms with Gasteiger partial charge < -0.3 is 19.5 Å². The molecule has 2 N–H and O–H groups in total. The van der Waals surface area contributed by atoms with Crippen molar-refractivity contribution in [3.8, 4) is 5.75 Å². The van der Waals surface area contributed by atoms with Crippen molar-refractivity contribution >= 4 is 11.8 Å². The van der Waals surface area contributed by atoms with Crippen LogP contribution in [0.5, 0.6) is 5.75 Å². The number of aliphatic hydroxyl groups excluding tert-OH is 1. The van der Waals surface area contributed by atoms with Crippen molar-refractivity contribution in [1.29, 1.82) is 5.39 Å². The number of nitrogens with one attached hydrogen (secondary N) is 1. The van der Waals surface area contributed by atoms with Gasteiger partial charge in [-0.2, -0.15) is 0 Å². The largest absolute Gasteiger partial charge is 0.494 e. The second kappa shape index (κ2) is 13.6. The molecular weight excluding hydrogens is 506 g/mol. The Labute approximate surface area is 235 Å². The van der Waals surface area contributed by atoms with Crippen molar-refractivity contribution < 1.29 is 19.4 Å². The first kappa shape index (κ1) is 28.6. The number of ether oxygens (including phenoxy) is 2. The summed E-state index contributed by atoms with van der Waals surface area (Å²) in [5.74, 6) is 1.11. The van der Waals surface area contributed by atoms with Crippen molar-refractivity contribution in [2.45, 2.75) is 43.9 Å². The molecule has 0 spiro atoms. The molecule has 1 amide bonds. The summed E-state index contributed by atoms with van der Waals surface area (Å²) in [7, 11) is 3.50. The molecule has 0 radical (unpaired) electrons. The van der Waals surface area contributed by atoms with E-state index in [9.17, 15) is 4.79 Å². The van der Waals surface area contributed by atoms with Crippen LogP contribution in [0.1, 0.15) is 47.6 Å². The Balaban J connectivity index is 1.76. The first-order valence-corrected chi connectivity index (χ1v) is 13.4. The van der Waals surface area contributed by atoms with Gasteiger partial charge in [0, 0.05) is 38.2 Å². The minimum atomic E-state index is -0.880. The number of hydrogen-bond donors (Lipinski definition) is 2. The zero-order chi connectivity index (χ0) is 28.4. The zero-order valence-electron chi connectivity index (χ0n) is 23.0. The molecule has 2 atom stereocenters. The summed E-state index contributed by atoms with van der Waals surface area (Å²) in [5, 5.41) is 21.1. The maximum Gasteiger partial charge on any atom is 0.303 e. The lowest BCUT2D eigenvalue weighted by Crippen LogP contribution is -2.39. The molecule has 1 aliphatic heterocycles. The van der Waals surface area contributed by atoms with Gasteiger partial charge in [-0.1, -0.05) is 54.6 Å². The highest BCUT2D eigenvalue weighted by Crippen LogP contribution is 2.46. The van der Waals surface area contributed by atoms with E-state index in [1.165, 1.54) is 0 Å². The van der Waals surface area contributed by atoms with E-state index in [0.717, 1.165) is 22.3 Å². The Bertz CT molecular complexity index is 1340. The molecule has 208 valence electrons. The second-order valence-electron chi connectivity index (χ2n) is 10.1. The van der Waals surface area contributed by atoms with Gasteiger partial charge in [0.25, 0.3) is 5.39 Å². The normalized spacial score (nSPS) is 17.9. The summed E-state index contributed by atoms with van der Waals surface area (Å²) in [6.07, 6.45) is 1.46. The van der Waals surface area contributed by atoms with Gasteiger partial charge in [-0.05, 0) is 53.7 Å². The predicted octanol–water partition coefficient (Wildman–Crippen LogP) is 4.67. The third-order valence-electron chi connectivity index (χ3n) is 7.04. The third-order valence-corrected chi connectivity index (χ3v) is 7.04. The number of amides is 1. The van der Waals surface area contributed by atoms with E-state index in [2.05, 4.69) is 22.6 Å². The van der Waals surface area contributed by atoms with Crippen LogP contribution < -0.4 is 10.2 Å². The highest BCUT2D eigenvalue weighted by Gasteiger charge is 2.49. The summed E-state index contributed by atoms with van der Waals surface area (Å²) in [5.41, 5.74) is 5.44. The highest BCUT2D eigenvalue weighted by molar-refractivity contribution is 5.96. The number of nitrogens with zero attached hydrogens (tertiary/aromatic N) is 4. The molecule has 0 saturated carbocycles. The van der Waals surface area contributed by atoms with Gasteiger partial charge in [-0.25, -0.2) is 4.99 Å². The average molecular weight is 543 g/mol. The van der Waals surface area contributed by atoms with E-state index in [-0.39, 0.29) is 25.5 Å². The molecule has 40 heavy (non-hydrogen) atoms. The van der Waals surface area contributed by atoms with Crippen LogP contribution >= 0.6 is 0 Å². The summed E-state index contributed by atoms with van der Waals surface area (Å²) < 4.78 is 12.4. The van der Waals surface area contributed by atoms with Crippen molar-refractivity contribution in [2.75, 3.05) is 27.3 Å². The van der Waals surface area contributed by atoms with Crippen LogP contribution in [0.4, 0.5) is 0 Å². The first-order valence-electron chi connectivity index (χ1n) is 13.4. The van der Waals surface area contributed by atoms with Gasteiger partial charge >= 0.3 is 5.08 Å². The molecule has 1 heterocycles. The number of rotatable bonds is 13. The molecule has 2 unspecified atom stereocenters. The zero-order valence-corrected chi connectivity index (χ0v) is 23.0. The fourth-order valence-corrected chi connectivity index (χ4v) is 4.85. The molecule has 0 aliphatic carbocycles. The third kappa shape index (κ3) is 6.96. The number of aliphatic hydroxyl groups is 1. The lowest BCUT2D eigenvalue weighted by atomic mass is 9.79. The lowest BCUT2D eigenvalue weighted by Gasteiger charge is -2.33. The Morgan fingerprint density at radius 2 is 1.82 bits per heavy atom. The molecule has 0 bridgehead atoms. The van der Waals surface area contributed by atoms with Crippen molar-refractivity contribution in [1.82, 2.24) is 10.3 Å². The van der Waals surface area contributed by atoms with Gasteiger partial charge in [-0.3, -0.25) is 4.79 Å². The number of diazo groups is 1. The molecule has 3 aromatic rings. The molecule has 0 fully saturated rings. The van der Waals surface area contributed by atoms with E-state index in [1.54, 1.807) is 19.0 Å². The van der Waals surface area contributed by atoms with Crippen LogP contribution in [-0.4, -0.2) is 54.7 Å². The van der Waals surface area contributed by atoms with Gasteiger partial charge in [-0.15, -0.1) is 0 Å². The van der Waals surface area contributed by atoms with Gasteiger partial charge in [0.1, 0.15) is 17.8 Å². The summed E-state index contributed by atoms with van der Waals surface area (Å²) in [4.78, 5) is 20.0. The first-order chi connectivity index (χ1) is 19.5. The van der Waals surface area contributed by atoms with Crippen LogP contribution in [-0.2, 0) is 22.5 Å². The fraction of sp³-hybridized carbons (Fsp3) is 0.355. The topological polar surface area (TPSA) is 112 Å². The molecule has 4 rings (SSSR count). The van der Waals surface area contributed by atoms with E-state index in [0.29, 0.717) is 37.5 Å². The Hall–Kier alpha value is -4.42. The number of carbonyl (C=O) groups is 1. The summed E-state index contributed by atoms with van der Waals surface area (Å²) in [6, 6.07) is 25.4. The Morgan fingerprint density at radius 1 is 1.10 bits per heavy atom. The van der Waals surface area contributed by atoms with Crippen molar-refractivity contribution in [3.05, 3.63) is 106 Å². The van der Waals surface area contributed by atoms with E-state index < -0.39 is 11.6 Å². The molecule has 9 heteroatoms. The minimum Gasteiger partial charge on any atom is -0.494 e. The standard InChI is InChI=1S/C31H36N5O4/c1-36(2)28(38)21-31(18-17-23-9-4-3-5-10-23)29(27-12-7-6-11-25(27)22-33-35-32)40-30(34-31)24-13-15-26(16-14-24)39-20-8-19-37/h3-7,9-16,29,33,37H,8,17-22H2,1-2H3/q+1. The molecule has 0 saturated heterocycles. The van der Waals surface area contributed by atoms with Crippen LogP contribution in [0.2, 0.25) is 0 Å². The molecule has 0 aromatic heterocycles. The maximum absolute atomic E-state index is 13.3. The molecular formula is C31H36N5O4+. The number of carbonyl (C=O) groups excluding carboxylic acids is 1. The molecule has 1 aliphatic rings. The van der Waals surface area contributed by atoms with Crippen molar-refractivity contribution in [3.63, 3.8) is 0 Å². The summed E-state index contributed by atoms with van der Waals surface area (Å²) in [6.45, 7) is 0.790. The number of aryl methyl sites for hydroxylation is 1. The minimum absolute atomic E-state index is 0.0414. The summed E-state index contributed by atoms with van der Waals surface area (Å²) >= 11 is 0. The van der Waals surface area contributed by atoms with Gasteiger partial charge in [0.05, 0.1) is 13.0 Å². The lowest BCUT2D eigenvalue weighted by molar-refractivity contribution is -0.130. The monoisotopic (exact) mass is 542 g/mol. The van der Waals surface area contributed by atoms with Crippen molar-refractivity contribution in [2.24, 2.45) is 4.99 Å². The Kier molecular flexibility index (Phi) is 9.71. The number of benzene rings is 3. The highest BCUT2D eigenvalue weighted by atomic mass is 16.5. The predicted molar refractivity (Wildman–Crippen MR) is 153 cm³/mol. The van der Waals surface area contributed by atoms with E-state index in [4.69, 9.17) is 25.0 Å². The second-order valence-corrected chi connectivity index (χ2v) is 10.1. The molecule has 3 aromatic carbocycles. The quantitative estimate of drug-likeness (QED) is 0.184. The average Bonchev–Trinajstić information content (AvgIpc) is 3.35. The maximum atomic E-state index is 13.3. The van der Waals surface area contributed by atoms with Crippen LogP contribution in [0, 0.1) is 5.39 Å². The SMILES string of the molecule is CN(C)C(=O)CC1(CCc2ccccc2)N=C(c2ccc(OCCCO)cc2)OC1c1ccccc1CN[N+]#N. The molecule has 9 nitrogen and oxygen atoms in total. The fourth-order valence-electron chi connectivity index (χ4n) is 4.85. The van der Waals surface area contributed by atoms with E-state index in [1.807, 2.05) is 66.7 Å². The number of hydrogen-bond acceptors (Lipinski definition) is 7.